The van der Waals surface area contributed by atoms with Gasteiger partial charge in [0, 0.05) is 5.56 Å². The third kappa shape index (κ3) is 8.99. The van der Waals surface area contributed by atoms with Crippen molar-refractivity contribution >= 4 is 24.0 Å². The van der Waals surface area contributed by atoms with Crippen LogP contribution in [-0.4, -0.2) is 58.5 Å². The summed E-state index contributed by atoms with van der Waals surface area (Å²) < 4.78 is 26.8. The standard InChI is InChI=1S/C30H33N3O8/c1-5-6-15-40-23-11-8-21(9-12-23)30(36)41-25-13-7-20(16-26(25)38-3)18-32-33-28(34)19-31-29(35)22-10-14-24(37-2)27(17-22)39-4/h7-14,16-18H,5-6,15,19H2,1-4H3,(H,31,35)(H,33,34)/b32-18+. The van der Waals surface area contributed by atoms with Gasteiger partial charge < -0.3 is 29.0 Å². The van der Waals surface area contributed by atoms with Gasteiger partial charge in [0.05, 0.1) is 46.3 Å². The minimum absolute atomic E-state index is 0.222. The summed E-state index contributed by atoms with van der Waals surface area (Å²) in [5.41, 5.74) is 3.58. The van der Waals surface area contributed by atoms with Gasteiger partial charge in [-0.2, -0.15) is 5.10 Å². The van der Waals surface area contributed by atoms with Crippen LogP contribution in [0.1, 0.15) is 46.0 Å². The maximum Gasteiger partial charge on any atom is 0.343 e. The van der Waals surface area contributed by atoms with E-state index in [0.29, 0.717) is 46.3 Å². The Morgan fingerprint density at radius 1 is 0.805 bits per heavy atom. The van der Waals surface area contributed by atoms with E-state index in [2.05, 4.69) is 22.8 Å². The lowest BCUT2D eigenvalue weighted by Gasteiger charge is -2.10. The fourth-order valence-corrected chi connectivity index (χ4v) is 3.49. The first kappa shape index (κ1) is 30.5. The van der Waals surface area contributed by atoms with Crippen LogP contribution in [-0.2, 0) is 4.79 Å². The van der Waals surface area contributed by atoms with Crippen molar-refractivity contribution in [2.75, 3.05) is 34.5 Å². The van der Waals surface area contributed by atoms with Crippen molar-refractivity contribution in [2.24, 2.45) is 5.10 Å². The van der Waals surface area contributed by atoms with E-state index < -0.39 is 17.8 Å². The van der Waals surface area contributed by atoms with Gasteiger partial charge in [-0.1, -0.05) is 13.3 Å². The number of hydrogen-bond acceptors (Lipinski definition) is 9. The molecule has 0 aliphatic carbocycles. The Morgan fingerprint density at radius 3 is 2.15 bits per heavy atom. The zero-order chi connectivity index (χ0) is 29.6. The normalized spacial score (nSPS) is 10.5. The Morgan fingerprint density at radius 2 is 1.46 bits per heavy atom. The molecule has 3 aromatic carbocycles. The van der Waals surface area contributed by atoms with Gasteiger partial charge in [-0.15, -0.1) is 0 Å². The molecule has 0 spiro atoms. The maximum atomic E-state index is 12.6. The lowest BCUT2D eigenvalue weighted by molar-refractivity contribution is -0.120. The molecule has 0 saturated heterocycles. The summed E-state index contributed by atoms with van der Waals surface area (Å²) in [5, 5.41) is 6.41. The number of methoxy groups -OCH3 is 3. The number of nitrogens with one attached hydrogen (secondary N) is 2. The largest absolute Gasteiger partial charge is 0.494 e. The van der Waals surface area contributed by atoms with E-state index >= 15 is 0 Å². The number of ether oxygens (including phenoxy) is 5. The van der Waals surface area contributed by atoms with Gasteiger partial charge in [0.1, 0.15) is 5.75 Å². The fourth-order valence-electron chi connectivity index (χ4n) is 3.49. The van der Waals surface area contributed by atoms with E-state index in [4.69, 9.17) is 23.7 Å². The lowest BCUT2D eigenvalue weighted by Crippen LogP contribution is -2.34. The molecular weight excluding hydrogens is 530 g/mol. The first-order valence-corrected chi connectivity index (χ1v) is 12.8. The number of nitrogens with zero attached hydrogens (tertiary/aromatic N) is 1. The average Bonchev–Trinajstić information content (AvgIpc) is 3.00. The molecule has 0 saturated carbocycles. The Hall–Kier alpha value is -5.06. The lowest BCUT2D eigenvalue weighted by atomic mass is 10.2. The van der Waals surface area contributed by atoms with Crippen molar-refractivity contribution in [3.63, 3.8) is 0 Å². The molecule has 2 N–H and O–H groups in total. The zero-order valence-corrected chi connectivity index (χ0v) is 23.4. The van der Waals surface area contributed by atoms with Crippen LogP contribution >= 0.6 is 0 Å². The third-order valence-corrected chi connectivity index (χ3v) is 5.71. The van der Waals surface area contributed by atoms with Crippen LogP contribution in [0.3, 0.4) is 0 Å². The maximum absolute atomic E-state index is 12.6. The van der Waals surface area contributed by atoms with Crippen molar-refractivity contribution in [1.82, 2.24) is 10.7 Å². The first-order chi connectivity index (χ1) is 19.9. The molecule has 41 heavy (non-hydrogen) atoms. The van der Waals surface area contributed by atoms with Gasteiger partial charge >= 0.3 is 5.97 Å². The van der Waals surface area contributed by atoms with E-state index in [1.54, 1.807) is 54.6 Å². The second-order valence-electron chi connectivity index (χ2n) is 8.57. The van der Waals surface area contributed by atoms with Crippen LogP contribution < -0.4 is 34.4 Å². The first-order valence-electron chi connectivity index (χ1n) is 12.8. The van der Waals surface area contributed by atoms with Gasteiger partial charge in [-0.05, 0) is 72.6 Å². The molecule has 0 unspecified atom stereocenters. The van der Waals surface area contributed by atoms with Crippen molar-refractivity contribution in [2.45, 2.75) is 19.8 Å². The van der Waals surface area contributed by atoms with Crippen molar-refractivity contribution in [1.29, 1.82) is 0 Å². The number of carbonyl (C=O) groups excluding carboxylic acids is 3. The van der Waals surface area contributed by atoms with Gasteiger partial charge in [-0.25, -0.2) is 10.2 Å². The fraction of sp³-hybridized carbons (Fsp3) is 0.267. The van der Waals surface area contributed by atoms with E-state index in [1.807, 2.05) is 0 Å². The minimum atomic E-state index is -0.549. The van der Waals surface area contributed by atoms with Crippen molar-refractivity contribution < 1.29 is 38.1 Å². The molecule has 3 aromatic rings. The Bertz CT molecular complexity index is 1370. The second kappa shape index (κ2) is 15.5. The number of hydrazone groups is 1. The van der Waals surface area contributed by atoms with E-state index in [1.165, 1.54) is 33.6 Å². The van der Waals surface area contributed by atoms with Crippen molar-refractivity contribution in [3.8, 4) is 28.7 Å². The molecule has 0 aromatic heterocycles. The molecule has 0 heterocycles. The average molecular weight is 564 g/mol. The van der Waals surface area contributed by atoms with Crippen LogP contribution in [0.25, 0.3) is 0 Å². The summed E-state index contributed by atoms with van der Waals surface area (Å²) in [7, 11) is 4.40. The number of unbranched alkanes of at least 4 members (excludes halogenated alkanes) is 1. The van der Waals surface area contributed by atoms with Crippen molar-refractivity contribution in [3.05, 3.63) is 77.4 Å². The predicted octanol–water partition coefficient (Wildman–Crippen LogP) is 3.99. The third-order valence-electron chi connectivity index (χ3n) is 5.71. The second-order valence-corrected chi connectivity index (χ2v) is 8.57. The molecule has 0 aliphatic rings. The highest BCUT2D eigenvalue weighted by atomic mass is 16.6. The molecule has 0 radical (unpaired) electrons. The summed E-state index contributed by atoms with van der Waals surface area (Å²) in [6.45, 7) is 2.41. The van der Waals surface area contributed by atoms with Crippen LogP contribution in [0.15, 0.2) is 65.8 Å². The van der Waals surface area contributed by atoms with Gasteiger partial charge in [-0.3, -0.25) is 9.59 Å². The molecule has 3 rings (SSSR count). The Balaban J connectivity index is 1.51. The Labute approximate surface area is 238 Å². The van der Waals surface area contributed by atoms with Gasteiger partial charge in [0.15, 0.2) is 23.0 Å². The number of carbonyl (C=O) groups is 3. The summed E-state index contributed by atoms with van der Waals surface area (Å²) in [4.78, 5) is 37.1. The number of hydrogen-bond donors (Lipinski definition) is 2. The number of rotatable bonds is 14. The predicted molar refractivity (Wildman–Crippen MR) is 152 cm³/mol. The van der Waals surface area contributed by atoms with Crippen LogP contribution in [0.5, 0.6) is 28.7 Å². The molecule has 0 fully saturated rings. The number of benzene rings is 3. The topological polar surface area (TPSA) is 134 Å². The molecule has 0 bridgehead atoms. The van der Waals surface area contributed by atoms with Gasteiger partial charge in [0.25, 0.3) is 11.8 Å². The highest BCUT2D eigenvalue weighted by Crippen LogP contribution is 2.29. The zero-order valence-electron chi connectivity index (χ0n) is 23.4. The van der Waals surface area contributed by atoms with E-state index in [0.717, 1.165) is 12.8 Å². The van der Waals surface area contributed by atoms with E-state index in [9.17, 15) is 14.4 Å². The smallest absolute Gasteiger partial charge is 0.343 e. The highest BCUT2D eigenvalue weighted by molar-refractivity contribution is 5.97. The van der Waals surface area contributed by atoms with Crippen LogP contribution in [0.2, 0.25) is 0 Å². The molecule has 2 amide bonds. The van der Waals surface area contributed by atoms with Crippen LogP contribution in [0.4, 0.5) is 0 Å². The molecule has 11 nitrogen and oxygen atoms in total. The molecule has 216 valence electrons. The molecule has 0 aliphatic heterocycles. The monoisotopic (exact) mass is 563 g/mol. The van der Waals surface area contributed by atoms with Crippen LogP contribution in [0, 0.1) is 0 Å². The summed E-state index contributed by atoms with van der Waals surface area (Å²) in [6, 6.07) is 16.2. The highest BCUT2D eigenvalue weighted by Gasteiger charge is 2.14. The molecule has 0 atom stereocenters. The summed E-state index contributed by atoms with van der Waals surface area (Å²) in [5.74, 6) is 0.543. The summed E-state index contributed by atoms with van der Waals surface area (Å²) >= 11 is 0. The van der Waals surface area contributed by atoms with Gasteiger partial charge in [0.2, 0.25) is 0 Å². The number of amides is 2. The summed E-state index contributed by atoms with van der Waals surface area (Å²) in [6.07, 6.45) is 3.38. The molecular formula is C30H33N3O8. The Kier molecular flexibility index (Phi) is 11.5. The SMILES string of the molecule is CCCCOc1ccc(C(=O)Oc2ccc(/C=N/NC(=O)CNC(=O)c3ccc(OC)c(OC)c3)cc2OC)cc1. The van der Waals surface area contributed by atoms with E-state index in [-0.39, 0.29) is 12.3 Å². The number of esters is 1. The minimum Gasteiger partial charge on any atom is -0.494 e. The quantitative estimate of drug-likeness (QED) is 0.0989. The molecule has 11 heteroatoms.